The van der Waals surface area contributed by atoms with Crippen LogP contribution >= 0.6 is 23.2 Å². The highest BCUT2D eigenvalue weighted by Gasteiger charge is 2.17. The zero-order valence-electron chi connectivity index (χ0n) is 9.94. The molecule has 1 amide bonds. The number of hydrogen-bond acceptors (Lipinski definition) is 2. The van der Waals surface area contributed by atoms with Gasteiger partial charge in [0.25, 0.3) is 0 Å². The van der Waals surface area contributed by atoms with Gasteiger partial charge >= 0.3 is 0 Å². The summed E-state index contributed by atoms with van der Waals surface area (Å²) in [6.07, 6.45) is 0. The Balaban J connectivity index is 2.18. The first-order valence-corrected chi connectivity index (χ1v) is 6.40. The van der Waals surface area contributed by atoms with Crippen molar-refractivity contribution in [2.45, 2.75) is 6.04 Å². The van der Waals surface area contributed by atoms with Crippen LogP contribution in [0.3, 0.4) is 0 Å². The van der Waals surface area contributed by atoms with E-state index in [4.69, 9.17) is 28.9 Å². The van der Waals surface area contributed by atoms with Crippen molar-refractivity contribution < 1.29 is 4.79 Å². The van der Waals surface area contributed by atoms with Gasteiger partial charge in [0.15, 0.2) is 0 Å². The van der Waals surface area contributed by atoms with Crippen molar-refractivity contribution >= 4 is 34.8 Å². The zero-order valence-corrected chi connectivity index (χ0v) is 11.4. The molecule has 0 unspecified atom stereocenters. The van der Waals surface area contributed by atoms with E-state index in [1.807, 2.05) is 18.2 Å². The molecule has 0 spiro atoms. The molecule has 3 nitrogen and oxygen atoms in total. The summed E-state index contributed by atoms with van der Waals surface area (Å²) >= 11 is 12.0. The summed E-state index contributed by atoms with van der Waals surface area (Å²) in [4.78, 5) is 12.1. The zero-order chi connectivity index (χ0) is 13.8. The maximum atomic E-state index is 12.1. The molecule has 2 aromatic carbocycles. The fourth-order valence-corrected chi connectivity index (χ4v) is 2.12. The molecule has 0 aliphatic carbocycles. The Morgan fingerprint density at radius 2 is 1.58 bits per heavy atom. The standard InChI is InChI=1S/C14H12Cl2N2O/c15-10-7-4-8-11(16)13(10)18-14(19)12(17)9-5-2-1-3-6-9/h1-8,12H,17H2,(H,18,19)/t12-/m1/s1. The smallest absolute Gasteiger partial charge is 0.245 e. The number of halogens is 2. The molecule has 0 aliphatic heterocycles. The molecule has 5 heteroatoms. The molecule has 0 saturated carbocycles. The van der Waals surface area contributed by atoms with E-state index in [2.05, 4.69) is 5.32 Å². The van der Waals surface area contributed by atoms with Gasteiger partial charge in [-0.1, -0.05) is 59.6 Å². The summed E-state index contributed by atoms with van der Waals surface area (Å²) in [6.45, 7) is 0. The number of anilines is 1. The minimum atomic E-state index is -0.770. The number of nitrogens with one attached hydrogen (secondary N) is 1. The van der Waals surface area contributed by atoms with E-state index >= 15 is 0 Å². The van der Waals surface area contributed by atoms with Crippen molar-refractivity contribution in [3.05, 3.63) is 64.1 Å². The van der Waals surface area contributed by atoms with E-state index in [0.29, 0.717) is 15.7 Å². The molecule has 0 heterocycles. The average molecular weight is 295 g/mol. The molecule has 2 rings (SSSR count). The summed E-state index contributed by atoms with van der Waals surface area (Å²) in [5.74, 6) is -0.360. The van der Waals surface area contributed by atoms with Crippen LogP contribution in [0.5, 0.6) is 0 Å². The lowest BCUT2D eigenvalue weighted by Crippen LogP contribution is -2.27. The van der Waals surface area contributed by atoms with E-state index in [-0.39, 0.29) is 5.91 Å². The number of para-hydroxylation sites is 1. The number of amides is 1. The molecule has 3 N–H and O–H groups in total. The number of benzene rings is 2. The van der Waals surface area contributed by atoms with Gasteiger partial charge in [-0.25, -0.2) is 0 Å². The van der Waals surface area contributed by atoms with Crippen molar-refractivity contribution in [2.75, 3.05) is 5.32 Å². The maximum absolute atomic E-state index is 12.1. The number of carbonyl (C=O) groups excluding carboxylic acids is 1. The van der Waals surface area contributed by atoms with Gasteiger partial charge in [0.05, 0.1) is 15.7 Å². The Hall–Kier alpha value is -1.55. The Labute approximate surface area is 121 Å². The molecular weight excluding hydrogens is 283 g/mol. The lowest BCUT2D eigenvalue weighted by Gasteiger charge is -2.14. The monoisotopic (exact) mass is 294 g/mol. The molecule has 98 valence electrons. The van der Waals surface area contributed by atoms with Crippen LogP contribution in [0.25, 0.3) is 0 Å². The molecule has 1 atom stereocenters. The fraction of sp³-hybridized carbons (Fsp3) is 0.0714. The minimum Gasteiger partial charge on any atom is -0.322 e. The first kappa shape index (κ1) is 13.9. The first-order valence-electron chi connectivity index (χ1n) is 5.65. The Morgan fingerprint density at radius 1 is 1.00 bits per heavy atom. The summed E-state index contributed by atoms with van der Waals surface area (Å²) in [5.41, 5.74) is 6.99. The molecule has 0 fully saturated rings. The second kappa shape index (κ2) is 6.06. The summed E-state index contributed by atoms with van der Waals surface area (Å²) in [7, 11) is 0. The predicted octanol–water partition coefficient (Wildman–Crippen LogP) is 3.63. The molecule has 0 saturated heterocycles. The Kier molecular flexibility index (Phi) is 4.43. The maximum Gasteiger partial charge on any atom is 0.245 e. The van der Waals surface area contributed by atoms with E-state index < -0.39 is 6.04 Å². The lowest BCUT2D eigenvalue weighted by atomic mass is 10.1. The van der Waals surface area contributed by atoms with Crippen molar-refractivity contribution in [2.24, 2.45) is 5.73 Å². The Morgan fingerprint density at radius 3 is 2.16 bits per heavy atom. The van der Waals surface area contributed by atoms with E-state index in [0.717, 1.165) is 5.56 Å². The van der Waals surface area contributed by atoms with Crippen LogP contribution in [0.15, 0.2) is 48.5 Å². The van der Waals surface area contributed by atoms with Crippen LogP contribution in [-0.2, 0) is 4.79 Å². The van der Waals surface area contributed by atoms with Gasteiger partial charge in [0, 0.05) is 0 Å². The number of rotatable bonds is 3. The second-order valence-corrected chi connectivity index (χ2v) is 4.79. The van der Waals surface area contributed by atoms with Gasteiger partial charge in [-0.05, 0) is 17.7 Å². The fourth-order valence-electron chi connectivity index (χ4n) is 1.63. The van der Waals surface area contributed by atoms with Crippen LogP contribution in [0.4, 0.5) is 5.69 Å². The minimum absolute atomic E-state index is 0.360. The lowest BCUT2D eigenvalue weighted by molar-refractivity contribution is -0.117. The molecular formula is C14H12Cl2N2O. The van der Waals surface area contributed by atoms with Crippen molar-refractivity contribution in [1.29, 1.82) is 0 Å². The summed E-state index contributed by atoms with van der Waals surface area (Å²) in [5, 5.41) is 3.40. The number of carbonyl (C=O) groups is 1. The highest BCUT2D eigenvalue weighted by Crippen LogP contribution is 2.30. The molecule has 2 aromatic rings. The van der Waals surface area contributed by atoms with Gasteiger partial charge in [-0.15, -0.1) is 0 Å². The third-order valence-electron chi connectivity index (χ3n) is 2.65. The van der Waals surface area contributed by atoms with Gasteiger partial charge in [-0.2, -0.15) is 0 Å². The van der Waals surface area contributed by atoms with Crippen LogP contribution in [0.2, 0.25) is 10.0 Å². The highest BCUT2D eigenvalue weighted by molar-refractivity contribution is 6.39. The Bertz CT molecular complexity index is 567. The molecule has 19 heavy (non-hydrogen) atoms. The van der Waals surface area contributed by atoms with Gasteiger partial charge in [0.2, 0.25) is 5.91 Å². The third kappa shape index (κ3) is 3.26. The largest absolute Gasteiger partial charge is 0.322 e. The molecule has 0 aliphatic rings. The van der Waals surface area contributed by atoms with Crippen LogP contribution in [0, 0.1) is 0 Å². The van der Waals surface area contributed by atoms with E-state index in [1.165, 1.54) is 0 Å². The highest BCUT2D eigenvalue weighted by atomic mass is 35.5. The van der Waals surface area contributed by atoms with Crippen LogP contribution < -0.4 is 11.1 Å². The van der Waals surface area contributed by atoms with Crippen molar-refractivity contribution in [1.82, 2.24) is 0 Å². The average Bonchev–Trinajstić information content (AvgIpc) is 2.43. The third-order valence-corrected chi connectivity index (χ3v) is 3.28. The second-order valence-electron chi connectivity index (χ2n) is 3.97. The van der Waals surface area contributed by atoms with Gasteiger partial charge in [-0.3, -0.25) is 4.79 Å². The molecule has 0 bridgehead atoms. The molecule has 0 aromatic heterocycles. The van der Waals surface area contributed by atoms with Crippen molar-refractivity contribution in [3.8, 4) is 0 Å². The predicted molar refractivity (Wildman–Crippen MR) is 78.5 cm³/mol. The van der Waals surface area contributed by atoms with Crippen LogP contribution in [0.1, 0.15) is 11.6 Å². The van der Waals surface area contributed by atoms with Gasteiger partial charge in [0.1, 0.15) is 6.04 Å². The molecule has 0 radical (unpaired) electrons. The van der Waals surface area contributed by atoms with E-state index in [1.54, 1.807) is 30.3 Å². The van der Waals surface area contributed by atoms with Crippen molar-refractivity contribution in [3.63, 3.8) is 0 Å². The summed E-state index contributed by atoms with van der Waals surface area (Å²) in [6, 6.07) is 13.3. The number of nitrogens with two attached hydrogens (primary N) is 1. The topological polar surface area (TPSA) is 55.1 Å². The van der Waals surface area contributed by atoms with Gasteiger partial charge < -0.3 is 11.1 Å². The normalized spacial score (nSPS) is 11.9. The summed E-state index contributed by atoms with van der Waals surface area (Å²) < 4.78 is 0. The first-order chi connectivity index (χ1) is 9.09. The van der Waals surface area contributed by atoms with Crippen LogP contribution in [-0.4, -0.2) is 5.91 Å². The quantitative estimate of drug-likeness (QED) is 0.908. The number of hydrogen-bond donors (Lipinski definition) is 2. The van der Waals surface area contributed by atoms with E-state index in [9.17, 15) is 4.79 Å². The SMILES string of the molecule is N[C@@H](C(=O)Nc1c(Cl)cccc1Cl)c1ccccc1.